The quantitative estimate of drug-likeness (QED) is 0.497. The van der Waals surface area contributed by atoms with Crippen LogP contribution in [-0.4, -0.2) is 24.8 Å². The van der Waals surface area contributed by atoms with Crippen LogP contribution in [0, 0.1) is 0 Å². The number of fused-ring (bicyclic) bond motifs is 1. The van der Waals surface area contributed by atoms with Crippen LogP contribution in [0.3, 0.4) is 0 Å². The lowest BCUT2D eigenvalue weighted by Gasteiger charge is -2.15. The SMILES string of the molecule is O=C1c2ccccc2C(=O)N1c1ccc(S(=O)(=O)[O-])cc1.c1cc[nH+]cc1. The molecular formula is C19H14N2O5S. The number of benzene rings is 2. The molecule has 8 heteroatoms. The predicted molar refractivity (Wildman–Crippen MR) is 95.0 cm³/mol. The Labute approximate surface area is 155 Å². The summed E-state index contributed by atoms with van der Waals surface area (Å²) in [6, 6.07) is 16.9. The normalized spacial score (nSPS) is 13.0. The number of carbonyl (C=O) groups is 2. The molecule has 0 saturated carbocycles. The Balaban J connectivity index is 0.000000299. The molecule has 1 N–H and O–H groups in total. The Morgan fingerprint density at radius 2 is 1.26 bits per heavy atom. The number of hydrogen-bond donors (Lipinski definition) is 0. The largest absolute Gasteiger partial charge is 0.744 e. The number of pyridine rings is 1. The molecular weight excluding hydrogens is 368 g/mol. The Bertz CT molecular complexity index is 1020. The number of aromatic nitrogens is 1. The van der Waals surface area contributed by atoms with Gasteiger partial charge >= 0.3 is 0 Å². The van der Waals surface area contributed by atoms with Crippen molar-refractivity contribution in [2.45, 2.75) is 4.90 Å². The van der Waals surface area contributed by atoms with Crippen LogP contribution in [0.15, 0.2) is 84.0 Å². The topological polar surface area (TPSA) is 109 Å². The summed E-state index contributed by atoms with van der Waals surface area (Å²) >= 11 is 0. The number of aromatic amines is 1. The van der Waals surface area contributed by atoms with Gasteiger partial charge in [0.2, 0.25) is 0 Å². The second kappa shape index (κ2) is 7.48. The van der Waals surface area contributed by atoms with E-state index in [1.807, 2.05) is 30.6 Å². The van der Waals surface area contributed by atoms with Gasteiger partial charge in [0, 0.05) is 12.1 Å². The van der Waals surface area contributed by atoms with Crippen molar-refractivity contribution in [3.63, 3.8) is 0 Å². The number of carbonyl (C=O) groups excluding carboxylic acids is 2. The number of H-pyrrole nitrogens is 1. The van der Waals surface area contributed by atoms with Crippen LogP contribution in [0.1, 0.15) is 20.7 Å². The summed E-state index contributed by atoms with van der Waals surface area (Å²) in [5, 5.41) is 0. The van der Waals surface area contributed by atoms with Gasteiger partial charge in [0.15, 0.2) is 12.4 Å². The molecule has 2 heterocycles. The van der Waals surface area contributed by atoms with Crippen molar-refractivity contribution in [2.24, 2.45) is 0 Å². The van der Waals surface area contributed by atoms with E-state index in [0.29, 0.717) is 11.1 Å². The van der Waals surface area contributed by atoms with E-state index in [2.05, 4.69) is 4.98 Å². The van der Waals surface area contributed by atoms with Crippen LogP contribution < -0.4 is 9.88 Å². The molecule has 136 valence electrons. The fourth-order valence-electron chi connectivity index (χ4n) is 2.53. The van der Waals surface area contributed by atoms with Gasteiger partial charge in [-0.2, -0.15) is 0 Å². The van der Waals surface area contributed by atoms with E-state index in [1.165, 1.54) is 12.1 Å². The minimum Gasteiger partial charge on any atom is -0.744 e. The van der Waals surface area contributed by atoms with Crippen LogP contribution in [0.2, 0.25) is 0 Å². The molecule has 0 radical (unpaired) electrons. The van der Waals surface area contributed by atoms with Gasteiger partial charge in [-0.05, 0) is 36.4 Å². The van der Waals surface area contributed by atoms with E-state index in [9.17, 15) is 22.6 Å². The lowest BCUT2D eigenvalue weighted by Crippen LogP contribution is -2.29. The van der Waals surface area contributed by atoms with Crippen LogP contribution in [-0.2, 0) is 10.1 Å². The highest BCUT2D eigenvalue weighted by Crippen LogP contribution is 2.28. The van der Waals surface area contributed by atoms with E-state index in [1.54, 1.807) is 24.3 Å². The standard InChI is InChI=1S/C14H9NO5S.C5H5N/c16-13-11-3-1-2-4-12(11)14(17)15(13)9-5-7-10(8-6-9)21(18,19)20;1-2-4-6-5-3-1/h1-8H,(H,18,19,20);1-5H. The van der Waals surface area contributed by atoms with Gasteiger partial charge in [-0.25, -0.2) is 18.3 Å². The van der Waals surface area contributed by atoms with Gasteiger partial charge in [-0.1, -0.05) is 18.2 Å². The minimum atomic E-state index is -4.56. The summed E-state index contributed by atoms with van der Waals surface area (Å²) in [4.78, 5) is 27.9. The number of nitrogens with one attached hydrogen (secondary N) is 1. The Morgan fingerprint density at radius 1 is 0.741 bits per heavy atom. The number of imide groups is 1. The summed E-state index contributed by atoms with van der Waals surface area (Å²) < 4.78 is 32.6. The smallest absolute Gasteiger partial charge is 0.266 e. The van der Waals surface area contributed by atoms with Crippen molar-refractivity contribution < 1.29 is 27.5 Å². The fraction of sp³-hybridized carbons (Fsp3) is 0. The second-order valence-electron chi connectivity index (χ2n) is 5.52. The molecule has 3 aromatic rings. The Hall–Kier alpha value is -3.36. The van der Waals surface area contributed by atoms with Gasteiger partial charge in [-0.3, -0.25) is 9.59 Å². The molecule has 0 bridgehead atoms. The first-order valence-corrected chi connectivity index (χ1v) is 9.25. The van der Waals surface area contributed by atoms with Crippen molar-refractivity contribution in [1.29, 1.82) is 0 Å². The monoisotopic (exact) mass is 382 g/mol. The first-order valence-electron chi connectivity index (χ1n) is 7.84. The van der Waals surface area contributed by atoms with E-state index < -0.39 is 26.8 Å². The molecule has 0 saturated heterocycles. The highest BCUT2D eigenvalue weighted by atomic mass is 32.2. The molecule has 4 rings (SSSR count). The summed E-state index contributed by atoms with van der Waals surface area (Å²) in [6.07, 6.45) is 3.75. The molecule has 1 aliphatic rings. The third kappa shape index (κ3) is 3.91. The molecule has 7 nitrogen and oxygen atoms in total. The Kier molecular flexibility index (Phi) is 5.11. The zero-order valence-electron chi connectivity index (χ0n) is 13.9. The zero-order chi connectivity index (χ0) is 19.4. The number of nitrogens with zero attached hydrogens (tertiary/aromatic N) is 1. The van der Waals surface area contributed by atoms with E-state index in [-0.39, 0.29) is 5.69 Å². The van der Waals surface area contributed by atoms with E-state index in [0.717, 1.165) is 17.0 Å². The maximum Gasteiger partial charge on any atom is 0.266 e. The fourth-order valence-corrected chi connectivity index (χ4v) is 3.00. The van der Waals surface area contributed by atoms with Crippen molar-refractivity contribution in [1.82, 2.24) is 0 Å². The second-order valence-corrected chi connectivity index (χ2v) is 6.90. The van der Waals surface area contributed by atoms with Crippen LogP contribution in [0.5, 0.6) is 0 Å². The summed E-state index contributed by atoms with van der Waals surface area (Å²) in [5.41, 5.74) is 0.805. The van der Waals surface area contributed by atoms with Crippen molar-refractivity contribution in [3.05, 3.63) is 90.3 Å². The molecule has 1 aromatic heterocycles. The number of rotatable bonds is 2. The average Bonchev–Trinajstić information content (AvgIpc) is 2.94. The lowest BCUT2D eigenvalue weighted by molar-refractivity contribution is -0.377. The summed E-state index contributed by atoms with van der Waals surface area (Å²) in [6.45, 7) is 0. The highest BCUT2D eigenvalue weighted by Gasteiger charge is 2.36. The Morgan fingerprint density at radius 3 is 1.63 bits per heavy atom. The maximum atomic E-state index is 12.2. The molecule has 0 aliphatic carbocycles. The summed E-state index contributed by atoms with van der Waals surface area (Å²) in [5.74, 6) is -0.957. The first kappa shape index (κ1) is 18.4. The third-order valence-electron chi connectivity index (χ3n) is 3.78. The maximum absolute atomic E-state index is 12.2. The van der Waals surface area contributed by atoms with Crippen LogP contribution >= 0.6 is 0 Å². The molecule has 0 atom stereocenters. The van der Waals surface area contributed by atoms with Gasteiger partial charge in [0.05, 0.1) is 21.7 Å². The van der Waals surface area contributed by atoms with Gasteiger partial charge in [0.25, 0.3) is 11.8 Å². The van der Waals surface area contributed by atoms with Crippen LogP contribution in [0.4, 0.5) is 5.69 Å². The average molecular weight is 382 g/mol. The molecule has 0 spiro atoms. The molecule has 2 aromatic carbocycles. The van der Waals surface area contributed by atoms with Gasteiger partial charge < -0.3 is 4.55 Å². The predicted octanol–water partition coefficient (Wildman–Crippen LogP) is 1.89. The van der Waals surface area contributed by atoms with Crippen molar-refractivity contribution >= 4 is 27.6 Å². The zero-order valence-corrected chi connectivity index (χ0v) is 14.7. The van der Waals surface area contributed by atoms with E-state index in [4.69, 9.17) is 0 Å². The lowest BCUT2D eigenvalue weighted by atomic mass is 10.1. The number of anilines is 1. The first-order chi connectivity index (χ1) is 12.9. The molecule has 1 aliphatic heterocycles. The number of amides is 2. The van der Waals surface area contributed by atoms with Crippen molar-refractivity contribution in [2.75, 3.05) is 4.90 Å². The minimum absolute atomic E-state index is 0.216. The van der Waals surface area contributed by atoms with Gasteiger partial charge in [-0.15, -0.1) is 0 Å². The van der Waals surface area contributed by atoms with Gasteiger partial charge in [0.1, 0.15) is 10.1 Å². The summed E-state index contributed by atoms with van der Waals surface area (Å²) in [7, 11) is -4.56. The van der Waals surface area contributed by atoms with E-state index >= 15 is 0 Å². The third-order valence-corrected chi connectivity index (χ3v) is 4.63. The number of hydrogen-bond acceptors (Lipinski definition) is 5. The van der Waals surface area contributed by atoms with Crippen LogP contribution in [0.25, 0.3) is 0 Å². The highest BCUT2D eigenvalue weighted by molar-refractivity contribution is 7.85. The molecule has 0 fully saturated rings. The molecule has 0 unspecified atom stereocenters. The molecule has 2 amide bonds. The molecule has 27 heavy (non-hydrogen) atoms. The van der Waals surface area contributed by atoms with Crippen molar-refractivity contribution in [3.8, 4) is 0 Å².